The standard InChI is InChI=1S/C21H20N2O4/c1-26-16-10-8-14(9-11-16)13-18(21(25)27-2)23-20(24)17-7-3-5-15-6-4-12-22-19(15)17/h3-12,18H,13H2,1-2H3,(H,23,24)/t18-/m0/s1. The summed E-state index contributed by atoms with van der Waals surface area (Å²) in [6.07, 6.45) is 1.94. The summed E-state index contributed by atoms with van der Waals surface area (Å²) in [5.41, 5.74) is 1.88. The zero-order valence-corrected chi connectivity index (χ0v) is 15.1. The van der Waals surface area contributed by atoms with Crippen LogP contribution < -0.4 is 10.1 Å². The molecule has 1 aromatic heterocycles. The molecule has 0 saturated carbocycles. The van der Waals surface area contributed by atoms with Crippen LogP contribution in [0.1, 0.15) is 15.9 Å². The van der Waals surface area contributed by atoms with Crippen molar-refractivity contribution >= 4 is 22.8 Å². The van der Waals surface area contributed by atoms with Crippen molar-refractivity contribution < 1.29 is 19.1 Å². The van der Waals surface area contributed by atoms with Gasteiger partial charge in [-0.3, -0.25) is 9.78 Å². The Bertz CT molecular complexity index is 949. The SMILES string of the molecule is COC(=O)[C@H](Cc1ccc(OC)cc1)NC(=O)c1cccc2cccnc12. The average molecular weight is 364 g/mol. The second-order valence-electron chi connectivity index (χ2n) is 5.98. The van der Waals surface area contributed by atoms with Crippen molar-refractivity contribution in [3.63, 3.8) is 0 Å². The number of pyridine rings is 1. The van der Waals surface area contributed by atoms with Crippen LogP contribution in [0.4, 0.5) is 0 Å². The Balaban J connectivity index is 1.83. The Morgan fingerprint density at radius 3 is 2.48 bits per heavy atom. The molecule has 0 bridgehead atoms. The van der Waals surface area contributed by atoms with Gasteiger partial charge in [0, 0.05) is 18.0 Å². The highest BCUT2D eigenvalue weighted by Crippen LogP contribution is 2.17. The van der Waals surface area contributed by atoms with Crippen LogP contribution in [0.15, 0.2) is 60.8 Å². The molecule has 1 amide bonds. The van der Waals surface area contributed by atoms with Crippen LogP contribution >= 0.6 is 0 Å². The summed E-state index contributed by atoms with van der Waals surface area (Å²) < 4.78 is 10.00. The fourth-order valence-corrected chi connectivity index (χ4v) is 2.86. The van der Waals surface area contributed by atoms with Crippen molar-refractivity contribution in [2.24, 2.45) is 0 Å². The van der Waals surface area contributed by atoms with Gasteiger partial charge in [0.25, 0.3) is 5.91 Å². The quantitative estimate of drug-likeness (QED) is 0.681. The van der Waals surface area contributed by atoms with Crippen molar-refractivity contribution in [1.82, 2.24) is 10.3 Å². The first kappa shape index (κ1) is 18.4. The molecule has 27 heavy (non-hydrogen) atoms. The van der Waals surface area contributed by atoms with Crippen molar-refractivity contribution in [3.05, 3.63) is 71.9 Å². The number of amides is 1. The van der Waals surface area contributed by atoms with E-state index < -0.39 is 12.0 Å². The molecule has 0 unspecified atom stereocenters. The van der Waals surface area contributed by atoms with Gasteiger partial charge < -0.3 is 14.8 Å². The maximum Gasteiger partial charge on any atom is 0.328 e. The molecular weight excluding hydrogens is 344 g/mol. The van der Waals surface area contributed by atoms with Gasteiger partial charge in [-0.05, 0) is 29.8 Å². The summed E-state index contributed by atoms with van der Waals surface area (Å²) in [5.74, 6) is -0.158. The van der Waals surface area contributed by atoms with Gasteiger partial charge in [0.05, 0.1) is 25.3 Å². The minimum atomic E-state index is -0.810. The Morgan fingerprint density at radius 2 is 1.78 bits per heavy atom. The smallest absolute Gasteiger partial charge is 0.328 e. The number of carbonyl (C=O) groups is 2. The van der Waals surface area contributed by atoms with Crippen molar-refractivity contribution in [2.45, 2.75) is 12.5 Å². The van der Waals surface area contributed by atoms with E-state index in [9.17, 15) is 9.59 Å². The number of nitrogens with one attached hydrogen (secondary N) is 1. The number of fused-ring (bicyclic) bond motifs is 1. The van der Waals surface area contributed by atoms with E-state index in [1.807, 2.05) is 30.3 Å². The molecule has 0 radical (unpaired) electrons. The number of benzene rings is 2. The number of ether oxygens (including phenoxy) is 2. The third kappa shape index (κ3) is 4.23. The number of para-hydroxylation sites is 1. The number of carbonyl (C=O) groups excluding carboxylic acids is 2. The second kappa shape index (κ2) is 8.31. The van der Waals surface area contributed by atoms with Crippen LogP contribution in [0.25, 0.3) is 10.9 Å². The molecule has 1 atom stereocenters. The van der Waals surface area contributed by atoms with E-state index in [1.54, 1.807) is 37.6 Å². The Labute approximate surface area is 157 Å². The highest BCUT2D eigenvalue weighted by molar-refractivity contribution is 6.06. The number of esters is 1. The molecule has 0 spiro atoms. The predicted octanol–water partition coefficient (Wildman–Crippen LogP) is 2.76. The number of hydrogen-bond acceptors (Lipinski definition) is 5. The molecule has 1 N–H and O–H groups in total. The fourth-order valence-electron chi connectivity index (χ4n) is 2.86. The molecule has 0 fully saturated rings. The summed E-state index contributed by atoms with van der Waals surface area (Å²) >= 11 is 0. The third-order valence-electron chi connectivity index (χ3n) is 4.27. The molecule has 2 aromatic carbocycles. The molecule has 1 heterocycles. The van der Waals surface area contributed by atoms with Crippen molar-refractivity contribution in [1.29, 1.82) is 0 Å². The van der Waals surface area contributed by atoms with Gasteiger partial charge in [-0.1, -0.05) is 30.3 Å². The minimum absolute atomic E-state index is 0.306. The summed E-state index contributed by atoms with van der Waals surface area (Å²) in [6.45, 7) is 0. The van der Waals surface area contributed by atoms with Crippen LogP contribution in [0.5, 0.6) is 5.75 Å². The normalized spacial score (nSPS) is 11.6. The molecule has 0 aliphatic heterocycles. The van der Waals surface area contributed by atoms with Gasteiger partial charge >= 0.3 is 5.97 Å². The lowest BCUT2D eigenvalue weighted by Gasteiger charge is -2.17. The zero-order valence-electron chi connectivity index (χ0n) is 15.1. The zero-order chi connectivity index (χ0) is 19.2. The van der Waals surface area contributed by atoms with Gasteiger partial charge in [-0.15, -0.1) is 0 Å². The maximum absolute atomic E-state index is 12.8. The topological polar surface area (TPSA) is 77.5 Å². The van der Waals surface area contributed by atoms with E-state index in [1.165, 1.54) is 7.11 Å². The van der Waals surface area contributed by atoms with E-state index in [0.717, 1.165) is 16.7 Å². The first-order valence-electron chi connectivity index (χ1n) is 8.47. The Morgan fingerprint density at radius 1 is 1.04 bits per heavy atom. The van der Waals surface area contributed by atoms with Gasteiger partial charge in [0.15, 0.2) is 0 Å². The molecular formula is C21H20N2O4. The molecule has 0 aliphatic rings. The number of hydrogen-bond donors (Lipinski definition) is 1. The second-order valence-corrected chi connectivity index (χ2v) is 5.98. The highest BCUT2D eigenvalue weighted by Gasteiger charge is 2.23. The third-order valence-corrected chi connectivity index (χ3v) is 4.27. The van der Waals surface area contributed by atoms with E-state index in [0.29, 0.717) is 17.5 Å². The number of methoxy groups -OCH3 is 2. The predicted molar refractivity (Wildman–Crippen MR) is 102 cm³/mol. The van der Waals surface area contributed by atoms with E-state index in [-0.39, 0.29) is 5.91 Å². The van der Waals surface area contributed by atoms with Crippen LogP contribution in [-0.2, 0) is 16.0 Å². The molecule has 6 nitrogen and oxygen atoms in total. The van der Waals surface area contributed by atoms with Crippen molar-refractivity contribution in [3.8, 4) is 5.75 Å². The molecule has 3 aromatic rings. The van der Waals surface area contributed by atoms with Crippen LogP contribution in [0, 0.1) is 0 Å². The number of nitrogens with zero attached hydrogens (tertiary/aromatic N) is 1. The first-order valence-corrected chi connectivity index (χ1v) is 8.47. The monoisotopic (exact) mass is 364 g/mol. The molecule has 0 saturated heterocycles. The lowest BCUT2D eigenvalue weighted by Crippen LogP contribution is -2.43. The van der Waals surface area contributed by atoms with E-state index >= 15 is 0 Å². The number of aromatic nitrogens is 1. The van der Waals surface area contributed by atoms with Gasteiger partial charge in [-0.25, -0.2) is 4.79 Å². The van der Waals surface area contributed by atoms with Crippen LogP contribution in [0.3, 0.4) is 0 Å². The lowest BCUT2D eigenvalue weighted by atomic mass is 10.0. The largest absolute Gasteiger partial charge is 0.497 e. The van der Waals surface area contributed by atoms with Gasteiger partial charge in [-0.2, -0.15) is 0 Å². The van der Waals surface area contributed by atoms with Gasteiger partial charge in [0.2, 0.25) is 0 Å². The van der Waals surface area contributed by atoms with Crippen molar-refractivity contribution in [2.75, 3.05) is 14.2 Å². The minimum Gasteiger partial charge on any atom is -0.497 e. The van der Waals surface area contributed by atoms with Gasteiger partial charge in [0.1, 0.15) is 11.8 Å². The molecule has 138 valence electrons. The molecule has 6 heteroatoms. The Kier molecular flexibility index (Phi) is 5.66. The summed E-state index contributed by atoms with van der Waals surface area (Å²) in [6, 6.07) is 15.5. The summed E-state index contributed by atoms with van der Waals surface area (Å²) in [5, 5.41) is 3.62. The number of rotatable bonds is 6. The fraction of sp³-hybridized carbons (Fsp3) is 0.190. The van der Waals surface area contributed by atoms with Crippen LogP contribution in [0.2, 0.25) is 0 Å². The first-order chi connectivity index (χ1) is 13.1. The lowest BCUT2D eigenvalue weighted by molar-refractivity contribution is -0.142. The van der Waals surface area contributed by atoms with Crippen LogP contribution in [-0.4, -0.2) is 37.1 Å². The van der Waals surface area contributed by atoms with E-state index in [2.05, 4.69) is 10.3 Å². The van der Waals surface area contributed by atoms with E-state index in [4.69, 9.17) is 9.47 Å². The average Bonchev–Trinajstić information content (AvgIpc) is 2.72. The highest BCUT2D eigenvalue weighted by atomic mass is 16.5. The molecule has 0 aliphatic carbocycles. The molecule has 3 rings (SSSR count). The summed E-state index contributed by atoms with van der Waals surface area (Å²) in [7, 11) is 2.89. The Hall–Kier alpha value is -3.41. The summed E-state index contributed by atoms with van der Waals surface area (Å²) in [4.78, 5) is 29.3. The maximum atomic E-state index is 12.8.